The summed E-state index contributed by atoms with van der Waals surface area (Å²) < 4.78 is 0. The SMILES string of the molecule is Cl.N.O.[BaH2]. The van der Waals surface area contributed by atoms with Gasteiger partial charge in [0.05, 0.1) is 0 Å². The molecule has 0 atom stereocenters. The second-order valence-electron chi connectivity index (χ2n) is 0. The summed E-state index contributed by atoms with van der Waals surface area (Å²) >= 11 is 0. The number of halogens is 1. The molecule has 0 aliphatic heterocycles. The third kappa shape index (κ3) is 9.22. The molecule has 0 aromatic rings. The predicted molar refractivity (Wildman–Crippen MR) is 24.4 cm³/mol. The van der Waals surface area contributed by atoms with Crippen molar-refractivity contribution in [1.29, 1.82) is 0 Å². The van der Waals surface area contributed by atoms with Crippen LogP contribution in [0.25, 0.3) is 0 Å². The van der Waals surface area contributed by atoms with Gasteiger partial charge in [-0.15, -0.1) is 12.4 Å². The fourth-order valence-corrected chi connectivity index (χ4v) is 0. The quantitative estimate of drug-likeness (QED) is 0.504. The molecule has 0 rings (SSSR count). The minimum atomic E-state index is 0. The second-order valence-corrected chi connectivity index (χ2v) is 0. The summed E-state index contributed by atoms with van der Waals surface area (Å²) in [5.74, 6) is 0. The summed E-state index contributed by atoms with van der Waals surface area (Å²) in [4.78, 5) is 0. The van der Waals surface area contributed by atoms with Crippen molar-refractivity contribution in [3.63, 3.8) is 0 Å². The minimum absolute atomic E-state index is 0. The van der Waals surface area contributed by atoms with E-state index in [1.165, 1.54) is 0 Å². The first-order chi connectivity index (χ1) is 0. The fraction of sp³-hybridized carbons (Fsp3) is 0. The van der Waals surface area contributed by atoms with Crippen molar-refractivity contribution in [1.82, 2.24) is 6.15 Å². The Bertz CT molecular complexity index is 8.00. The third-order valence-electron chi connectivity index (χ3n) is 0. The molecule has 0 heterocycles. The number of hydrogen-bond donors (Lipinski definition) is 1. The second kappa shape index (κ2) is 21.5. The molecular weight excluding hydrogens is 203 g/mol. The molecule has 0 saturated heterocycles. The molecule has 0 fully saturated rings. The van der Waals surface area contributed by atoms with Crippen LogP contribution >= 0.6 is 12.4 Å². The average molecular weight is 211 g/mol. The molecular formula is H8BaClNO. The number of rotatable bonds is 0. The van der Waals surface area contributed by atoms with Crippen LogP contribution in [0.5, 0.6) is 0 Å². The normalized spacial score (nSPS) is 0. The summed E-state index contributed by atoms with van der Waals surface area (Å²) in [5.41, 5.74) is 0. The molecule has 0 aromatic carbocycles. The van der Waals surface area contributed by atoms with E-state index in [1.807, 2.05) is 0 Å². The van der Waals surface area contributed by atoms with E-state index in [-0.39, 0.29) is 72.9 Å². The molecule has 0 unspecified atom stereocenters. The van der Waals surface area contributed by atoms with E-state index in [4.69, 9.17) is 0 Å². The molecule has 0 aliphatic rings. The molecule has 0 radical (unpaired) electrons. The van der Waals surface area contributed by atoms with Crippen LogP contribution in [0, 0.1) is 0 Å². The van der Waals surface area contributed by atoms with Crippen molar-refractivity contribution < 1.29 is 5.48 Å². The molecule has 0 saturated carbocycles. The van der Waals surface area contributed by atoms with Crippen molar-refractivity contribution >= 4 is 61.3 Å². The van der Waals surface area contributed by atoms with E-state index in [1.54, 1.807) is 0 Å². The zero-order valence-corrected chi connectivity index (χ0v) is 2.43. The predicted octanol–water partition coefficient (Wildman–Crippen LogP) is -1.16. The Kier molecular flexibility index (Phi) is 224. The summed E-state index contributed by atoms with van der Waals surface area (Å²) in [6, 6.07) is 0. The Morgan fingerprint density at radius 3 is 1.00 bits per heavy atom. The zero-order valence-electron chi connectivity index (χ0n) is 1.62. The zero-order chi connectivity index (χ0) is 0. The van der Waals surface area contributed by atoms with E-state index in [0.29, 0.717) is 0 Å². The summed E-state index contributed by atoms with van der Waals surface area (Å²) in [7, 11) is 0. The Morgan fingerprint density at radius 1 is 1.00 bits per heavy atom. The van der Waals surface area contributed by atoms with Gasteiger partial charge in [0, 0.05) is 0 Å². The van der Waals surface area contributed by atoms with Crippen molar-refractivity contribution in [2.75, 3.05) is 0 Å². The van der Waals surface area contributed by atoms with Crippen LogP contribution < -0.4 is 6.15 Å². The summed E-state index contributed by atoms with van der Waals surface area (Å²) in [6.07, 6.45) is 0. The van der Waals surface area contributed by atoms with Gasteiger partial charge in [0.1, 0.15) is 0 Å². The van der Waals surface area contributed by atoms with Gasteiger partial charge in [0.2, 0.25) is 0 Å². The molecule has 2 nitrogen and oxygen atoms in total. The first-order valence-electron chi connectivity index (χ1n) is 0. The van der Waals surface area contributed by atoms with Crippen molar-refractivity contribution in [3.05, 3.63) is 0 Å². The van der Waals surface area contributed by atoms with Gasteiger partial charge in [-0.25, -0.2) is 0 Å². The number of hydrogen-bond acceptors (Lipinski definition) is 1. The van der Waals surface area contributed by atoms with E-state index < -0.39 is 0 Å². The Morgan fingerprint density at radius 2 is 1.00 bits per heavy atom. The fourth-order valence-electron chi connectivity index (χ4n) is 0. The van der Waals surface area contributed by atoms with Crippen LogP contribution in [0.3, 0.4) is 0 Å². The molecule has 0 aliphatic carbocycles. The Labute approximate surface area is 71.7 Å². The van der Waals surface area contributed by atoms with Crippen molar-refractivity contribution in [2.45, 2.75) is 0 Å². The van der Waals surface area contributed by atoms with Gasteiger partial charge >= 0.3 is 48.9 Å². The molecule has 4 heteroatoms. The molecule has 0 bridgehead atoms. The molecule has 0 aromatic heterocycles. The van der Waals surface area contributed by atoms with Gasteiger partial charge in [-0.1, -0.05) is 0 Å². The van der Waals surface area contributed by atoms with Crippen molar-refractivity contribution in [2.24, 2.45) is 0 Å². The topological polar surface area (TPSA) is 66.5 Å². The van der Waals surface area contributed by atoms with Gasteiger partial charge in [0.15, 0.2) is 0 Å². The first-order valence-corrected chi connectivity index (χ1v) is 0. The Balaban J connectivity index is 0. The van der Waals surface area contributed by atoms with Gasteiger partial charge < -0.3 is 11.6 Å². The standard InChI is InChI=1S/Ba.ClH.H3N.H2O.2H/h;1H;1H3;1H2;;. The van der Waals surface area contributed by atoms with Crippen LogP contribution in [0.4, 0.5) is 0 Å². The third-order valence-corrected chi connectivity index (χ3v) is 0. The average Bonchev–Trinajstić information content (AvgIpc) is 0. The summed E-state index contributed by atoms with van der Waals surface area (Å²) in [6.45, 7) is 0. The van der Waals surface area contributed by atoms with Gasteiger partial charge in [0.25, 0.3) is 0 Å². The van der Waals surface area contributed by atoms with Crippen LogP contribution in [0.15, 0.2) is 0 Å². The van der Waals surface area contributed by atoms with Crippen LogP contribution in [-0.4, -0.2) is 54.4 Å². The maximum atomic E-state index is 0. The van der Waals surface area contributed by atoms with E-state index in [2.05, 4.69) is 0 Å². The van der Waals surface area contributed by atoms with Gasteiger partial charge in [-0.3, -0.25) is 0 Å². The first kappa shape index (κ1) is 41.6. The van der Waals surface area contributed by atoms with E-state index >= 15 is 0 Å². The molecule has 0 spiro atoms. The van der Waals surface area contributed by atoms with E-state index in [9.17, 15) is 0 Å². The van der Waals surface area contributed by atoms with Crippen LogP contribution in [-0.2, 0) is 0 Å². The van der Waals surface area contributed by atoms with Gasteiger partial charge in [-0.2, -0.15) is 0 Å². The van der Waals surface area contributed by atoms with Gasteiger partial charge in [-0.05, 0) is 0 Å². The Hall–Kier alpha value is 1.78. The summed E-state index contributed by atoms with van der Waals surface area (Å²) in [5, 5.41) is 0. The van der Waals surface area contributed by atoms with Crippen molar-refractivity contribution in [3.8, 4) is 0 Å². The maximum absolute atomic E-state index is 0. The van der Waals surface area contributed by atoms with Crippen LogP contribution in [0.2, 0.25) is 0 Å². The monoisotopic (exact) mass is 211 g/mol. The van der Waals surface area contributed by atoms with E-state index in [0.717, 1.165) is 0 Å². The molecule has 5 N–H and O–H groups in total. The van der Waals surface area contributed by atoms with Crippen LogP contribution in [0.1, 0.15) is 0 Å². The molecule has 28 valence electrons. The molecule has 4 heavy (non-hydrogen) atoms. The molecule has 0 amide bonds.